The minimum atomic E-state index is 0.432. The van der Waals surface area contributed by atoms with Crippen molar-refractivity contribution in [2.24, 2.45) is 0 Å². The summed E-state index contributed by atoms with van der Waals surface area (Å²) in [4.78, 5) is 9.24. The van der Waals surface area contributed by atoms with E-state index in [9.17, 15) is 0 Å². The number of pyridine rings is 1. The summed E-state index contributed by atoms with van der Waals surface area (Å²) < 4.78 is 8.57. The number of fused-ring (bicyclic) bond motifs is 2. The van der Waals surface area contributed by atoms with Gasteiger partial charge in [0.05, 0.1) is 11.6 Å². The van der Waals surface area contributed by atoms with Crippen LogP contribution in [0, 0.1) is 0 Å². The largest absolute Gasteiger partial charge is 0.454 e. The molecule has 0 saturated carbocycles. The normalized spacial score (nSPS) is 11.7. The minimum Gasteiger partial charge on any atom is -0.454 e. The molecule has 5 nitrogen and oxygen atoms in total. The molecule has 4 heterocycles. The van der Waals surface area contributed by atoms with Gasteiger partial charge in [-0.1, -0.05) is 34.7 Å². The van der Waals surface area contributed by atoms with Crippen molar-refractivity contribution in [1.82, 2.24) is 19.6 Å². The van der Waals surface area contributed by atoms with Crippen LogP contribution in [0.4, 0.5) is 0 Å². The number of furan rings is 1. The van der Waals surface area contributed by atoms with Crippen LogP contribution in [-0.4, -0.2) is 25.8 Å². The summed E-state index contributed by atoms with van der Waals surface area (Å²) in [6, 6.07) is 3.66. The van der Waals surface area contributed by atoms with Crippen LogP contribution in [-0.2, 0) is 0 Å². The minimum absolute atomic E-state index is 0.432. The van der Waals surface area contributed by atoms with Crippen molar-refractivity contribution < 1.29 is 4.42 Å². The van der Waals surface area contributed by atoms with Gasteiger partial charge in [-0.05, 0) is 18.4 Å². The molecule has 0 saturated heterocycles. The van der Waals surface area contributed by atoms with E-state index >= 15 is 0 Å². The van der Waals surface area contributed by atoms with E-state index in [-0.39, 0.29) is 0 Å². The number of hydrogen-bond donors (Lipinski definition) is 0. The Morgan fingerprint density at radius 3 is 3.10 bits per heavy atom. The molecule has 0 fully saturated rings. The molecule has 4 aromatic heterocycles. The third-order valence-electron chi connectivity index (χ3n) is 2.89. The molecule has 0 amide bonds. The first kappa shape index (κ1) is 12.2. The Kier molecular flexibility index (Phi) is 2.73. The van der Waals surface area contributed by atoms with Crippen LogP contribution in [0.25, 0.3) is 27.4 Å². The fraction of sp³-hybridized carbons (Fsp3) is 0.0833. The summed E-state index contributed by atoms with van der Waals surface area (Å²) in [5.41, 5.74) is 1.51. The van der Waals surface area contributed by atoms with Crippen LogP contribution < -0.4 is 0 Å². The van der Waals surface area contributed by atoms with Gasteiger partial charge >= 0.3 is 0 Å². The number of rotatable bonds is 2. The molecule has 0 atom stereocenters. The molecule has 0 spiro atoms. The molecule has 8 heteroatoms. The Bertz CT molecular complexity index is 926. The summed E-state index contributed by atoms with van der Waals surface area (Å²) in [7, 11) is 0. The third kappa shape index (κ3) is 1.74. The maximum absolute atomic E-state index is 6.07. The molecule has 0 radical (unpaired) electrons. The van der Waals surface area contributed by atoms with E-state index in [1.165, 1.54) is 0 Å². The van der Waals surface area contributed by atoms with Crippen molar-refractivity contribution in [1.29, 1.82) is 0 Å². The summed E-state index contributed by atoms with van der Waals surface area (Å²) in [5, 5.41) is 5.71. The van der Waals surface area contributed by atoms with E-state index in [1.807, 2.05) is 12.3 Å². The topological polar surface area (TPSA) is 56.2 Å². The van der Waals surface area contributed by atoms with Gasteiger partial charge in [0.15, 0.2) is 10.1 Å². The highest BCUT2D eigenvalue weighted by molar-refractivity contribution is 8.00. The molecule has 4 aromatic rings. The smallest absolute Gasteiger partial charge is 0.213 e. The SMILES string of the molecule is CSc1nn2c(-c3cc4c(Cl)nccc4o3)cnc2s1. The lowest BCUT2D eigenvalue weighted by atomic mass is 10.3. The van der Waals surface area contributed by atoms with Crippen molar-refractivity contribution in [3.05, 3.63) is 29.7 Å². The third-order valence-corrected chi connectivity index (χ3v) is 5.09. The molecule has 0 aliphatic carbocycles. The van der Waals surface area contributed by atoms with Crippen LogP contribution in [0.5, 0.6) is 0 Å². The standard InChI is InChI=1S/C12H7ClN4OS2/c1-19-12-16-17-7(5-15-11(17)20-12)9-4-6-8(18-9)2-3-14-10(6)13/h2-5H,1H3. The highest BCUT2D eigenvalue weighted by Gasteiger charge is 2.16. The van der Waals surface area contributed by atoms with E-state index in [4.69, 9.17) is 16.0 Å². The highest BCUT2D eigenvalue weighted by atomic mass is 35.5. The monoisotopic (exact) mass is 322 g/mol. The fourth-order valence-corrected chi connectivity index (χ4v) is 3.52. The van der Waals surface area contributed by atoms with Gasteiger partial charge in [-0.3, -0.25) is 0 Å². The lowest BCUT2D eigenvalue weighted by molar-refractivity contribution is 0.625. The van der Waals surface area contributed by atoms with Gasteiger partial charge in [-0.2, -0.15) is 4.52 Å². The molecular weight excluding hydrogens is 316 g/mol. The molecule has 0 aliphatic rings. The van der Waals surface area contributed by atoms with Crippen LogP contribution >= 0.6 is 34.7 Å². The van der Waals surface area contributed by atoms with Gasteiger partial charge in [0.25, 0.3) is 0 Å². The zero-order chi connectivity index (χ0) is 13.7. The van der Waals surface area contributed by atoms with Crippen LogP contribution in [0.15, 0.2) is 33.3 Å². The Morgan fingerprint density at radius 2 is 2.30 bits per heavy atom. The average molecular weight is 323 g/mol. The number of aromatic nitrogens is 4. The fourth-order valence-electron chi connectivity index (χ4n) is 1.98. The highest BCUT2D eigenvalue weighted by Crippen LogP contribution is 2.32. The number of thioether (sulfide) groups is 1. The predicted octanol–water partition coefficient (Wildman–Crippen LogP) is 3.97. The second-order valence-electron chi connectivity index (χ2n) is 4.03. The maximum atomic E-state index is 6.07. The molecule has 0 N–H and O–H groups in total. The zero-order valence-electron chi connectivity index (χ0n) is 10.2. The number of halogens is 1. The molecule has 0 unspecified atom stereocenters. The molecule has 100 valence electrons. The van der Waals surface area contributed by atoms with Crippen molar-refractivity contribution >= 4 is 50.6 Å². The lowest BCUT2D eigenvalue weighted by Gasteiger charge is -1.91. The summed E-state index contributed by atoms with van der Waals surface area (Å²) in [6.45, 7) is 0. The number of imidazole rings is 1. The average Bonchev–Trinajstić information content (AvgIpc) is 3.10. The number of hydrogen-bond acceptors (Lipinski definition) is 6. The van der Waals surface area contributed by atoms with Crippen LogP contribution in [0.2, 0.25) is 5.15 Å². The Balaban J connectivity index is 1.96. The second kappa shape index (κ2) is 4.47. The predicted molar refractivity (Wildman–Crippen MR) is 80.7 cm³/mol. The summed E-state index contributed by atoms with van der Waals surface area (Å²) in [6.07, 6.45) is 5.37. The first-order valence-corrected chi connectivity index (χ1v) is 8.11. The molecule has 4 rings (SSSR count). The Hall–Kier alpha value is -1.57. The van der Waals surface area contributed by atoms with Crippen molar-refractivity contribution in [2.75, 3.05) is 6.26 Å². The van der Waals surface area contributed by atoms with Crippen LogP contribution in [0.1, 0.15) is 0 Å². The van der Waals surface area contributed by atoms with Crippen LogP contribution in [0.3, 0.4) is 0 Å². The van der Waals surface area contributed by atoms with Gasteiger partial charge in [-0.25, -0.2) is 9.97 Å². The lowest BCUT2D eigenvalue weighted by Crippen LogP contribution is -1.86. The van der Waals surface area contributed by atoms with E-state index < -0.39 is 0 Å². The molecule has 0 aromatic carbocycles. The molecular formula is C12H7ClN4OS2. The van der Waals surface area contributed by atoms with Gasteiger partial charge in [0, 0.05) is 6.20 Å². The first-order valence-electron chi connectivity index (χ1n) is 5.69. The van der Waals surface area contributed by atoms with Gasteiger partial charge in [0.2, 0.25) is 4.96 Å². The van der Waals surface area contributed by atoms with E-state index in [0.29, 0.717) is 16.5 Å². The summed E-state index contributed by atoms with van der Waals surface area (Å²) in [5.74, 6) is 0.681. The molecule has 0 aliphatic heterocycles. The van der Waals surface area contributed by atoms with Crippen molar-refractivity contribution in [2.45, 2.75) is 4.34 Å². The van der Waals surface area contributed by atoms with Gasteiger partial charge in [0.1, 0.15) is 16.4 Å². The maximum Gasteiger partial charge on any atom is 0.213 e. The Morgan fingerprint density at radius 1 is 1.40 bits per heavy atom. The van der Waals surface area contributed by atoms with Crippen molar-refractivity contribution in [3.8, 4) is 11.5 Å². The van der Waals surface area contributed by atoms with E-state index in [2.05, 4.69) is 15.1 Å². The van der Waals surface area contributed by atoms with Gasteiger partial charge < -0.3 is 4.42 Å². The van der Waals surface area contributed by atoms with Crippen molar-refractivity contribution in [3.63, 3.8) is 0 Å². The quantitative estimate of drug-likeness (QED) is 0.413. The Labute approximate surface area is 126 Å². The molecule has 20 heavy (non-hydrogen) atoms. The second-order valence-corrected chi connectivity index (χ2v) is 6.40. The zero-order valence-corrected chi connectivity index (χ0v) is 12.6. The molecule has 0 bridgehead atoms. The van der Waals surface area contributed by atoms with Gasteiger partial charge in [-0.15, -0.1) is 5.10 Å². The van der Waals surface area contributed by atoms with E-state index in [0.717, 1.165) is 20.4 Å². The first-order chi connectivity index (χ1) is 9.76. The summed E-state index contributed by atoms with van der Waals surface area (Å²) >= 11 is 9.21. The van der Waals surface area contributed by atoms with E-state index in [1.54, 1.807) is 46.1 Å². The number of nitrogens with zero attached hydrogens (tertiary/aromatic N) is 4.